The Bertz CT molecular complexity index is 874. The molecule has 0 atom stereocenters. The molecule has 0 bridgehead atoms. The van der Waals surface area contributed by atoms with Gasteiger partial charge in [0.15, 0.2) is 11.6 Å². The Balaban J connectivity index is 1.75. The number of aromatic amines is 1. The molecule has 0 radical (unpaired) electrons. The summed E-state index contributed by atoms with van der Waals surface area (Å²) >= 11 is 0. The van der Waals surface area contributed by atoms with Crippen molar-refractivity contribution in [2.45, 2.75) is 6.42 Å². The second-order valence-corrected chi connectivity index (χ2v) is 5.08. The lowest BCUT2D eigenvalue weighted by Gasteiger charge is -2.07. The molecule has 1 aromatic heterocycles. The lowest BCUT2D eigenvalue weighted by Crippen LogP contribution is -2.14. The summed E-state index contributed by atoms with van der Waals surface area (Å²) in [6.07, 6.45) is 1.76. The van der Waals surface area contributed by atoms with Crippen LogP contribution in [0.1, 0.15) is 5.56 Å². The van der Waals surface area contributed by atoms with Gasteiger partial charge in [0.1, 0.15) is 5.82 Å². The number of methoxy groups -OCH3 is 1. The fourth-order valence-electron chi connectivity index (χ4n) is 2.43. The lowest BCUT2D eigenvalue weighted by atomic mass is 10.1. The minimum atomic E-state index is -0.548. The number of hydrogen-bond acceptors (Lipinski definition) is 2. The van der Waals surface area contributed by atoms with Crippen LogP contribution in [0.3, 0.4) is 0 Å². The van der Waals surface area contributed by atoms with Gasteiger partial charge in [-0.15, -0.1) is 0 Å². The normalized spacial score (nSPS) is 10.7. The summed E-state index contributed by atoms with van der Waals surface area (Å²) in [5.41, 5.74) is 1.72. The fraction of sp³-hybridized carbons (Fsp3) is 0.118. The van der Waals surface area contributed by atoms with E-state index in [2.05, 4.69) is 10.3 Å². The van der Waals surface area contributed by atoms with Crippen molar-refractivity contribution < 1.29 is 18.3 Å². The topological polar surface area (TPSA) is 54.1 Å². The molecule has 0 unspecified atom stereocenters. The van der Waals surface area contributed by atoms with Crippen molar-refractivity contribution in [2.24, 2.45) is 0 Å². The number of aromatic nitrogens is 1. The van der Waals surface area contributed by atoms with Gasteiger partial charge in [0.05, 0.1) is 13.5 Å². The van der Waals surface area contributed by atoms with Crippen LogP contribution in [0.2, 0.25) is 0 Å². The predicted octanol–water partition coefficient (Wildman–Crippen LogP) is 3.64. The third-order valence-electron chi connectivity index (χ3n) is 3.52. The van der Waals surface area contributed by atoms with Gasteiger partial charge in [0, 0.05) is 28.9 Å². The molecule has 0 aliphatic rings. The van der Waals surface area contributed by atoms with E-state index in [1.807, 2.05) is 0 Å². The van der Waals surface area contributed by atoms with Crippen LogP contribution in [-0.2, 0) is 11.2 Å². The van der Waals surface area contributed by atoms with E-state index in [0.717, 1.165) is 10.9 Å². The number of H-pyrrole nitrogens is 1. The maximum Gasteiger partial charge on any atom is 0.228 e. The Morgan fingerprint density at radius 2 is 2.04 bits per heavy atom. The Hall–Kier alpha value is -2.89. The number of fused-ring (bicyclic) bond motifs is 1. The number of carbonyl (C=O) groups excluding carboxylic acids is 1. The summed E-state index contributed by atoms with van der Waals surface area (Å²) in [4.78, 5) is 15.0. The molecule has 2 aromatic carbocycles. The molecule has 2 N–H and O–H groups in total. The largest absolute Gasteiger partial charge is 0.494 e. The molecule has 23 heavy (non-hydrogen) atoms. The molecule has 3 aromatic rings. The minimum absolute atomic E-state index is 0.0965. The summed E-state index contributed by atoms with van der Waals surface area (Å²) in [7, 11) is 1.37. The van der Waals surface area contributed by atoms with E-state index in [9.17, 15) is 13.6 Å². The molecule has 0 fully saturated rings. The van der Waals surface area contributed by atoms with Crippen LogP contribution in [0.5, 0.6) is 5.75 Å². The molecule has 0 saturated heterocycles. The molecular formula is C17H14F2N2O2. The van der Waals surface area contributed by atoms with E-state index in [1.165, 1.54) is 31.4 Å². The first-order valence-corrected chi connectivity index (χ1v) is 6.95. The van der Waals surface area contributed by atoms with Gasteiger partial charge in [-0.05, 0) is 35.9 Å². The van der Waals surface area contributed by atoms with E-state index >= 15 is 0 Å². The average Bonchev–Trinajstić information content (AvgIpc) is 2.89. The number of amides is 1. The van der Waals surface area contributed by atoms with Crippen LogP contribution >= 0.6 is 0 Å². The Morgan fingerprint density at radius 3 is 2.78 bits per heavy atom. The summed E-state index contributed by atoms with van der Waals surface area (Å²) in [6.45, 7) is 0. The molecule has 6 heteroatoms. The highest BCUT2D eigenvalue weighted by Crippen LogP contribution is 2.22. The number of carbonyl (C=O) groups is 1. The summed E-state index contributed by atoms with van der Waals surface area (Å²) in [5, 5.41) is 3.41. The second kappa shape index (κ2) is 6.08. The third kappa shape index (κ3) is 3.15. The van der Waals surface area contributed by atoms with Crippen LogP contribution < -0.4 is 10.1 Å². The number of ether oxygens (including phenoxy) is 1. The zero-order valence-electron chi connectivity index (χ0n) is 12.3. The van der Waals surface area contributed by atoms with Crippen LogP contribution in [0.15, 0.2) is 42.6 Å². The number of hydrogen-bond donors (Lipinski definition) is 2. The van der Waals surface area contributed by atoms with Crippen molar-refractivity contribution in [3.8, 4) is 5.75 Å². The van der Waals surface area contributed by atoms with Gasteiger partial charge in [-0.25, -0.2) is 8.78 Å². The molecule has 118 valence electrons. The van der Waals surface area contributed by atoms with Gasteiger partial charge in [-0.1, -0.05) is 0 Å². The minimum Gasteiger partial charge on any atom is -0.494 e. The van der Waals surface area contributed by atoms with Gasteiger partial charge in [-0.3, -0.25) is 4.79 Å². The van der Waals surface area contributed by atoms with Crippen molar-refractivity contribution in [3.05, 3.63) is 59.8 Å². The van der Waals surface area contributed by atoms with Gasteiger partial charge in [0.2, 0.25) is 5.91 Å². The molecule has 0 saturated carbocycles. The van der Waals surface area contributed by atoms with Gasteiger partial charge < -0.3 is 15.0 Å². The quantitative estimate of drug-likeness (QED) is 0.772. The lowest BCUT2D eigenvalue weighted by molar-refractivity contribution is -0.115. The molecular weight excluding hydrogens is 302 g/mol. The number of anilines is 1. The van der Waals surface area contributed by atoms with Crippen molar-refractivity contribution in [1.29, 1.82) is 0 Å². The van der Waals surface area contributed by atoms with Crippen LogP contribution in [-0.4, -0.2) is 18.0 Å². The molecule has 0 aliphatic heterocycles. The first-order valence-electron chi connectivity index (χ1n) is 6.95. The van der Waals surface area contributed by atoms with Gasteiger partial charge in [-0.2, -0.15) is 0 Å². The summed E-state index contributed by atoms with van der Waals surface area (Å²) in [6, 6.07) is 8.54. The first kappa shape index (κ1) is 15.0. The number of rotatable bonds is 4. The van der Waals surface area contributed by atoms with E-state index in [-0.39, 0.29) is 23.9 Å². The third-order valence-corrected chi connectivity index (χ3v) is 3.52. The molecule has 0 spiro atoms. The van der Waals surface area contributed by atoms with Crippen molar-refractivity contribution in [1.82, 2.24) is 4.98 Å². The van der Waals surface area contributed by atoms with Crippen molar-refractivity contribution >= 4 is 22.5 Å². The van der Waals surface area contributed by atoms with Crippen LogP contribution in [0, 0.1) is 11.6 Å². The average molecular weight is 316 g/mol. The second-order valence-electron chi connectivity index (χ2n) is 5.08. The Kier molecular flexibility index (Phi) is 3.97. The van der Waals surface area contributed by atoms with Crippen molar-refractivity contribution in [3.63, 3.8) is 0 Å². The Labute approximate surface area is 131 Å². The number of nitrogens with one attached hydrogen (secondary N) is 2. The maximum atomic E-state index is 13.6. The standard InChI is InChI=1S/C17H14F2N2O2/c1-23-16-5-3-12(8-14(16)19)21-17(22)6-10-9-20-15-7-11(18)2-4-13(10)15/h2-5,7-9,20H,6H2,1H3,(H,21,22). The fourth-order valence-corrected chi connectivity index (χ4v) is 2.43. The number of benzene rings is 2. The van der Waals surface area contributed by atoms with E-state index in [0.29, 0.717) is 11.2 Å². The zero-order valence-corrected chi connectivity index (χ0v) is 12.3. The summed E-state index contributed by atoms with van der Waals surface area (Å²) in [5.74, 6) is -1.07. The van der Waals surface area contributed by atoms with E-state index in [4.69, 9.17) is 4.74 Å². The highest BCUT2D eigenvalue weighted by molar-refractivity contribution is 5.95. The molecule has 0 aliphatic carbocycles. The zero-order chi connectivity index (χ0) is 16.4. The highest BCUT2D eigenvalue weighted by Gasteiger charge is 2.11. The number of halogens is 2. The van der Waals surface area contributed by atoms with Gasteiger partial charge >= 0.3 is 0 Å². The predicted molar refractivity (Wildman–Crippen MR) is 83.5 cm³/mol. The smallest absolute Gasteiger partial charge is 0.228 e. The van der Waals surface area contributed by atoms with E-state index < -0.39 is 5.82 Å². The molecule has 1 heterocycles. The van der Waals surface area contributed by atoms with Gasteiger partial charge in [0.25, 0.3) is 0 Å². The SMILES string of the molecule is COc1ccc(NC(=O)Cc2c[nH]c3cc(F)ccc23)cc1F. The van der Waals surface area contributed by atoms with Crippen LogP contribution in [0.4, 0.5) is 14.5 Å². The highest BCUT2D eigenvalue weighted by atomic mass is 19.1. The summed E-state index contributed by atoms with van der Waals surface area (Å²) < 4.78 is 31.6. The monoisotopic (exact) mass is 316 g/mol. The van der Waals surface area contributed by atoms with Crippen molar-refractivity contribution in [2.75, 3.05) is 12.4 Å². The Morgan fingerprint density at radius 1 is 1.22 bits per heavy atom. The van der Waals surface area contributed by atoms with Crippen LogP contribution in [0.25, 0.3) is 10.9 Å². The molecule has 1 amide bonds. The first-order chi connectivity index (χ1) is 11.1. The van der Waals surface area contributed by atoms with E-state index in [1.54, 1.807) is 18.3 Å². The molecule has 3 rings (SSSR count). The maximum absolute atomic E-state index is 13.6. The molecule has 4 nitrogen and oxygen atoms in total.